The Hall–Kier alpha value is -0.260. The fourth-order valence-corrected chi connectivity index (χ4v) is 6.68. The lowest BCUT2D eigenvalue weighted by molar-refractivity contribution is -0.121. The van der Waals surface area contributed by atoms with Gasteiger partial charge in [-0.25, -0.2) is 0 Å². The molecule has 0 atom stereocenters. The van der Waals surface area contributed by atoms with E-state index in [1.54, 1.807) is 22.6 Å². The zero-order valence-electron chi connectivity index (χ0n) is 11.5. The van der Waals surface area contributed by atoms with Crippen LogP contribution >= 0.6 is 67.8 Å². The van der Waals surface area contributed by atoms with Gasteiger partial charge in [0.1, 0.15) is 6.61 Å². The number of amides is 3. The first-order chi connectivity index (χ1) is 10.7. The van der Waals surface area contributed by atoms with Crippen molar-refractivity contribution >= 4 is 91.2 Å². The Labute approximate surface area is 172 Å². The third-order valence-electron chi connectivity index (χ3n) is 2.82. The van der Waals surface area contributed by atoms with E-state index in [-0.39, 0.29) is 30.0 Å². The molecule has 1 rings (SSSR count). The molecule has 0 aliphatic heterocycles. The molecule has 0 heterocycles. The van der Waals surface area contributed by atoms with Crippen LogP contribution in [0.5, 0.6) is 0 Å². The van der Waals surface area contributed by atoms with E-state index in [2.05, 4.69) is 0 Å². The van der Waals surface area contributed by atoms with Gasteiger partial charge in [0.15, 0.2) is 0 Å². The number of nitrogens with two attached hydrogens (primary N) is 2. The van der Waals surface area contributed by atoms with Crippen LogP contribution in [-0.4, -0.2) is 47.7 Å². The van der Waals surface area contributed by atoms with Crippen molar-refractivity contribution in [3.63, 3.8) is 0 Å². The summed E-state index contributed by atoms with van der Waals surface area (Å²) >= 11 is 5.46. The monoisotopic (exact) mass is 659 g/mol. The Morgan fingerprint density at radius 3 is 1.65 bits per heavy atom. The van der Waals surface area contributed by atoms with E-state index < -0.39 is 24.3 Å². The van der Waals surface area contributed by atoms with E-state index in [1.807, 2.05) is 45.2 Å². The molecular formula is C12H12I3N3O5. The number of rotatable bonds is 6. The maximum atomic E-state index is 12.0. The molecule has 0 unspecified atom stereocenters. The van der Waals surface area contributed by atoms with Crippen LogP contribution < -0.4 is 16.4 Å². The van der Waals surface area contributed by atoms with Crippen molar-refractivity contribution in [3.8, 4) is 0 Å². The molecule has 23 heavy (non-hydrogen) atoms. The van der Waals surface area contributed by atoms with Crippen LogP contribution in [-0.2, 0) is 4.79 Å². The average molecular weight is 659 g/mol. The highest BCUT2D eigenvalue weighted by atomic mass is 127. The van der Waals surface area contributed by atoms with Gasteiger partial charge in [-0.3, -0.25) is 14.4 Å². The number of carbonyl (C=O) groups excluding carboxylic acids is 3. The van der Waals surface area contributed by atoms with Crippen LogP contribution in [0.15, 0.2) is 0 Å². The lowest BCUT2D eigenvalue weighted by atomic mass is 10.1. The van der Waals surface area contributed by atoms with Crippen molar-refractivity contribution in [3.05, 3.63) is 21.8 Å². The summed E-state index contributed by atoms with van der Waals surface area (Å²) in [4.78, 5) is 36.6. The second-order valence-electron chi connectivity index (χ2n) is 4.20. The molecule has 0 saturated carbocycles. The number of benzene rings is 1. The topological polar surface area (TPSA) is 147 Å². The van der Waals surface area contributed by atoms with Crippen molar-refractivity contribution in [1.29, 1.82) is 0 Å². The molecule has 0 spiro atoms. The molecule has 11 heteroatoms. The molecule has 0 aliphatic carbocycles. The summed E-state index contributed by atoms with van der Waals surface area (Å²) in [5.74, 6) is -2.25. The second-order valence-corrected chi connectivity index (χ2v) is 7.43. The maximum absolute atomic E-state index is 12.0. The lowest BCUT2D eigenvalue weighted by Crippen LogP contribution is -2.38. The van der Waals surface area contributed by atoms with Crippen molar-refractivity contribution in [2.24, 2.45) is 11.5 Å². The molecular weight excluding hydrogens is 647 g/mol. The summed E-state index contributed by atoms with van der Waals surface area (Å²) in [6, 6.07) is 0. The normalized spacial score (nSPS) is 10.5. The van der Waals surface area contributed by atoms with Crippen LogP contribution in [0.1, 0.15) is 20.7 Å². The molecule has 0 radical (unpaired) electrons. The zero-order chi connectivity index (χ0) is 17.9. The van der Waals surface area contributed by atoms with Gasteiger partial charge in [0.25, 0.3) is 17.7 Å². The lowest BCUT2D eigenvalue weighted by Gasteiger charge is -2.26. The van der Waals surface area contributed by atoms with Gasteiger partial charge < -0.3 is 26.6 Å². The predicted molar refractivity (Wildman–Crippen MR) is 108 cm³/mol. The molecule has 3 amide bonds. The second kappa shape index (κ2) is 8.72. The van der Waals surface area contributed by atoms with Crippen molar-refractivity contribution in [2.45, 2.75) is 0 Å². The van der Waals surface area contributed by atoms with Crippen LogP contribution in [0.2, 0.25) is 0 Å². The Balaban J connectivity index is 3.86. The van der Waals surface area contributed by atoms with Crippen LogP contribution in [0.25, 0.3) is 0 Å². The minimum absolute atomic E-state index is 0.0593. The molecule has 1 aromatic carbocycles. The molecule has 6 N–H and O–H groups in total. The molecule has 0 fully saturated rings. The highest BCUT2D eigenvalue weighted by Gasteiger charge is 2.30. The third-order valence-corrected chi connectivity index (χ3v) is 6.00. The van der Waals surface area contributed by atoms with E-state index in [1.165, 1.54) is 0 Å². The minimum atomic E-state index is -0.796. The van der Waals surface area contributed by atoms with Crippen LogP contribution in [0.3, 0.4) is 0 Å². The fourth-order valence-electron chi connectivity index (χ4n) is 1.87. The summed E-state index contributed by atoms with van der Waals surface area (Å²) in [5, 5.41) is 18.3. The van der Waals surface area contributed by atoms with E-state index in [0.717, 1.165) is 4.90 Å². The predicted octanol–water partition coefficient (Wildman–Crippen LogP) is 0.0158. The largest absolute Gasteiger partial charge is 0.395 e. The zero-order valence-corrected chi connectivity index (χ0v) is 17.9. The third kappa shape index (κ3) is 4.23. The number of aliphatic hydroxyl groups excluding tert-OH is 2. The highest BCUT2D eigenvalue weighted by Crippen LogP contribution is 2.37. The number of hydrogen-bond acceptors (Lipinski definition) is 5. The van der Waals surface area contributed by atoms with E-state index >= 15 is 0 Å². The van der Waals surface area contributed by atoms with Crippen LogP contribution in [0.4, 0.5) is 5.69 Å². The number of halogens is 3. The minimum Gasteiger partial charge on any atom is -0.395 e. The number of primary amides is 2. The number of anilines is 1. The summed E-state index contributed by atoms with van der Waals surface area (Å²) in [7, 11) is 0. The molecule has 8 nitrogen and oxygen atoms in total. The molecule has 126 valence electrons. The van der Waals surface area contributed by atoms with Gasteiger partial charge in [-0.15, -0.1) is 0 Å². The number of carbonyl (C=O) groups is 3. The van der Waals surface area contributed by atoms with E-state index in [4.69, 9.17) is 16.6 Å². The fraction of sp³-hybridized carbons (Fsp3) is 0.250. The first-order valence-electron chi connectivity index (χ1n) is 6.01. The van der Waals surface area contributed by atoms with Crippen molar-refractivity contribution < 1.29 is 24.6 Å². The first-order valence-corrected chi connectivity index (χ1v) is 9.24. The Kier molecular flexibility index (Phi) is 7.88. The van der Waals surface area contributed by atoms with Gasteiger partial charge in [0.2, 0.25) is 0 Å². The van der Waals surface area contributed by atoms with E-state index in [9.17, 15) is 19.5 Å². The summed E-state index contributed by atoms with van der Waals surface area (Å²) < 4.78 is 0.967. The Morgan fingerprint density at radius 1 is 0.913 bits per heavy atom. The van der Waals surface area contributed by atoms with Gasteiger partial charge in [0.05, 0.1) is 30.6 Å². The quantitative estimate of drug-likeness (QED) is 0.319. The molecule has 1 aromatic rings. The molecule has 0 saturated heterocycles. The maximum Gasteiger partial charge on any atom is 0.252 e. The van der Waals surface area contributed by atoms with Gasteiger partial charge >= 0.3 is 0 Å². The average Bonchev–Trinajstić information content (AvgIpc) is 2.44. The van der Waals surface area contributed by atoms with Crippen LogP contribution in [0, 0.1) is 10.7 Å². The van der Waals surface area contributed by atoms with Gasteiger partial charge in [-0.05, 0) is 67.8 Å². The molecule has 0 bridgehead atoms. The van der Waals surface area contributed by atoms with Crippen molar-refractivity contribution in [2.75, 3.05) is 24.7 Å². The van der Waals surface area contributed by atoms with Gasteiger partial charge in [0, 0.05) is 10.1 Å². The summed E-state index contributed by atoms with van der Waals surface area (Å²) in [6.07, 6.45) is 0. The number of aliphatic hydroxyl groups is 2. The molecule has 0 aromatic heterocycles. The highest BCUT2D eigenvalue weighted by molar-refractivity contribution is 14.1. The van der Waals surface area contributed by atoms with Gasteiger partial charge in [-0.1, -0.05) is 0 Å². The smallest absolute Gasteiger partial charge is 0.252 e. The summed E-state index contributed by atoms with van der Waals surface area (Å²) in [6.45, 7) is -1.29. The standard InChI is InChI=1S/C12H12I3N3O5/c13-7-5(11(16)22)8(14)10(9(15)6(7)12(17)23)18(1-2-19)4(21)3-20/h19-20H,1-3H2,(H2,16,22)(H2,17,23). The number of nitrogens with zero attached hydrogens (tertiary/aromatic N) is 1. The van der Waals surface area contributed by atoms with Crippen molar-refractivity contribution in [1.82, 2.24) is 0 Å². The molecule has 0 aliphatic rings. The van der Waals surface area contributed by atoms with Gasteiger partial charge in [-0.2, -0.15) is 0 Å². The number of hydrogen-bond donors (Lipinski definition) is 4. The first kappa shape index (κ1) is 20.8. The Morgan fingerprint density at radius 2 is 1.35 bits per heavy atom. The van der Waals surface area contributed by atoms with E-state index in [0.29, 0.717) is 10.7 Å². The summed E-state index contributed by atoms with van der Waals surface area (Å²) in [5.41, 5.74) is 11.1. The Bertz CT molecular complexity index is 639. The SMILES string of the molecule is NC(=O)c1c(I)c(C(N)=O)c(I)c(N(CCO)C(=O)CO)c1I.